The van der Waals surface area contributed by atoms with E-state index in [1.54, 1.807) is 0 Å². The highest BCUT2D eigenvalue weighted by atomic mass is 16.2. The van der Waals surface area contributed by atoms with Crippen molar-refractivity contribution in [1.29, 1.82) is 0 Å². The zero-order valence-electron chi connectivity index (χ0n) is 20.7. The maximum absolute atomic E-state index is 14.4. The monoisotopic (exact) mass is 460 g/mol. The van der Waals surface area contributed by atoms with E-state index in [1.807, 2.05) is 0 Å². The third-order valence-corrected chi connectivity index (χ3v) is 9.55. The molecule has 3 aliphatic heterocycles. The largest absolute Gasteiger partial charge is 0.339 e. The van der Waals surface area contributed by atoms with Gasteiger partial charge in [-0.15, -0.1) is 0 Å². The van der Waals surface area contributed by atoms with Gasteiger partial charge in [0, 0.05) is 43.3 Å². The Kier molecular flexibility index (Phi) is 6.00. The molecule has 4 aliphatic rings. The zero-order chi connectivity index (χ0) is 23.1. The van der Waals surface area contributed by atoms with E-state index in [0.29, 0.717) is 23.8 Å². The second kappa shape index (κ2) is 9.14. The molecule has 3 fully saturated rings. The fraction of sp³-hybridized carbons (Fsp3) is 0.655. The average Bonchev–Trinajstić information content (AvgIpc) is 3.48. The number of carbonyl (C=O) groups excluding carboxylic acids is 1. The van der Waals surface area contributed by atoms with Crippen molar-refractivity contribution in [3.8, 4) is 0 Å². The number of nitrogens with one attached hydrogen (secondary N) is 1. The molecule has 34 heavy (non-hydrogen) atoms. The molecule has 1 spiro atoms. The number of rotatable bonds is 3. The van der Waals surface area contributed by atoms with Crippen LogP contribution in [0.3, 0.4) is 0 Å². The lowest BCUT2D eigenvalue weighted by Gasteiger charge is -2.47. The van der Waals surface area contributed by atoms with E-state index in [4.69, 9.17) is 5.10 Å². The molecule has 4 atom stereocenters. The lowest BCUT2D eigenvalue weighted by Crippen LogP contribution is -2.55. The molecule has 4 heterocycles. The van der Waals surface area contributed by atoms with Crippen molar-refractivity contribution in [2.75, 3.05) is 19.6 Å². The fourth-order valence-corrected chi connectivity index (χ4v) is 7.87. The van der Waals surface area contributed by atoms with E-state index >= 15 is 0 Å². The van der Waals surface area contributed by atoms with Crippen LogP contribution in [0.1, 0.15) is 80.7 Å². The van der Waals surface area contributed by atoms with E-state index in [2.05, 4.69) is 58.2 Å². The molecule has 1 aliphatic carbocycles. The van der Waals surface area contributed by atoms with Crippen molar-refractivity contribution in [2.24, 2.45) is 11.8 Å². The highest BCUT2D eigenvalue weighted by Gasteiger charge is 2.53. The van der Waals surface area contributed by atoms with E-state index in [9.17, 15) is 4.79 Å². The van der Waals surface area contributed by atoms with Gasteiger partial charge in [-0.05, 0) is 68.9 Å². The van der Waals surface area contributed by atoms with Gasteiger partial charge in [0.25, 0.3) is 0 Å². The number of likely N-dealkylation sites (tertiary alicyclic amines) is 1. The van der Waals surface area contributed by atoms with E-state index in [1.165, 1.54) is 43.4 Å². The number of aromatic nitrogens is 2. The van der Waals surface area contributed by atoms with Crippen LogP contribution in [0.25, 0.3) is 0 Å². The van der Waals surface area contributed by atoms with Crippen LogP contribution in [0, 0.1) is 18.8 Å². The van der Waals surface area contributed by atoms with Gasteiger partial charge < -0.3 is 10.2 Å². The molecule has 0 bridgehead atoms. The first-order chi connectivity index (χ1) is 16.7. The summed E-state index contributed by atoms with van der Waals surface area (Å²) in [5.41, 5.74) is 3.75. The number of fused-ring (bicyclic) bond motifs is 2. The summed E-state index contributed by atoms with van der Waals surface area (Å²) in [6.07, 6.45) is 11.0. The van der Waals surface area contributed by atoms with E-state index in [-0.39, 0.29) is 11.3 Å². The van der Waals surface area contributed by atoms with Gasteiger partial charge in [0.05, 0.1) is 11.6 Å². The molecule has 5 nitrogen and oxygen atoms in total. The minimum Gasteiger partial charge on any atom is -0.339 e. The van der Waals surface area contributed by atoms with Gasteiger partial charge in [-0.2, -0.15) is 5.10 Å². The Labute approximate surface area is 204 Å². The number of carbonyl (C=O) groups is 1. The summed E-state index contributed by atoms with van der Waals surface area (Å²) >= 11 is 0. The Morgan fingerprint density at radius 3 is 2.71 bits per heavy atom. The second-order valence-electron chi connectivity index (χ2n) is 11.5. The van der Waals surface area contributed by atoms with E-state index < -0.39 is 0 Å². The molecule has 1 aromatic heterocycles. The van der Waals surface area contributed by atoms with Crippen LogP contribution in [0.15, 0.2) is 36.4 Å². The molecule has 182 valence electrons. The Morgan fingerprint density at radius 1 is 1.06 bits per heavy atom. The number of benzene rings is 1. The van der Waals surface area contributed by atoms with Gasteiger partial charge in [-0.25, -0.2) is 0 Å². The molecule has 1 amide bonds. The number of nitrogens with zero attached hydrogens (tertiary/aromatic N) is 3. The van der Waals surface area contributed by atoms with Gasteiger partial charge in [-0.1, -0.05) is 49.6 Å². The summed E-state index contributed by atoms with van der Waals surface area (Å²) < 4.78 is 2.20. The lowest BCUT2D eigenvalue weighted by atomic mass is 9.69. The predicted molar refractivity (Wildman–Crippen MR) is 135 cm³/mol. The molecular weight excluding hydrogens is 420 g/mol. The van der Waals surface area contributed by atoms with Gasteiger partial charge in [0.15, 0.2) is 0 Å². The molecule has 2 saturated heterocycles. The molecule has 5 heteroatoms. The maximum atomic E-state index is 14.4. The summed E-state index contributed by atoms with van der Waals surface area (Å²) in [5, 5.41) is 8.42. The van der Waals surface area contributed by atoms with Crippen LogP contribution in [0.2, 0.25) is 0 Å². The second-order valence-corrected chi connectivity index (χ2v) is 11.5. The van der Waals surface area contributed by atoms with Gasteiger partial charge in [0.2, 0.25) is 5.91 Å². The molecule has 1 N–H and O–H groups in total. The SMILES string of the molecule is Cc1cc2n(n1)CCC[C@]21CNC[C@H]1C(=O)N1CC[C@@H](c2ccccc2)C[C@H]1C1CCCCC1. The van der Waals surface area contributed by atoms with Crippen LogP contribution >= 0.6 is 0 Å². The minimum absolute atomic E-state index is 0.0296. The first kappa shape index (κ1) is 22.3. The highest BCUT2D eigenvalue weighted by Crippen LogP contribution is 2.46. The Hall–Kier alpha value is -2.14. The molecule has 1 saturated carbocycles. The number of hydrogen-bond acceptors (Lipinski definition) is 3. The average molecular weight is 461 g/mol. The summed E-state index contributed by atoms with van der Waals surface area (Å²) in [4.78, 5) is 16.8. The van der Waals surface area contributed by atoms with Gasteiger partial charge in [-0.3, -0.25) is 9.48 Å². The normalized spacial score (nSPS) is 32.1. The third kappa shape index (κ3) is 3.80. The first-order valence-corrected chi connectivity index (χ1v) is 13.8. The molecule has 2 aromatic rings. The Morgan fingerprint density at radius 2 is 1.88 bits per heavy atom. The number of hydrogen-bond donors (Lipinski definition) is 1. The summed E-state index contributed by atoms with van der Waals surface area (Å²) in [5.74, 6) is 1.68. The van der Waals surface area contributed by atoms with Gasteiger partial charge >= 0.3 is 0 Å². The first-order valence-electron chi connectivity index (χ1n) is 13.8. The van der Waals surface area contributed by atoms with Crippen LogP contribution in [0.5, 0.6) is 0 Å². The number of piperidine rings is 1. The lowest BCUT2D eigenvalue weighted by molar-refractivity contribution is -0.143. The van der Waals surface area contributed by atoms with Gasteiger partial charge in [0.1, 0.15) is 0 Å². The molecule has 0 radical (unpaired) electrons. The molecular formula is C29H40N4O. The standard InChI is InChI=1S/C29H40N4O/c1-21-17-27-29(14-8-15-33(27)31-21)20-30-19-25(29)28(34)32-16-13-24(22-9-4-2-5-10-22)18-26(32)23-11-6-3-7-12-23/h2,4-5,9-10,17,23-26,30H,3,6-8,11-16,18-20H2,1H3/t24-,25+,26+,29-/m1/s1. The van der Waals surface area contributed by atoms with Crippen LogP contribution in [-0.4, -0.2) is 46.3 Å². The van der Waals surface area contributed by atoms with Crippen LogP contribution in [0.4, 0.5) is 0 Å². The Bertz CT molecular complexity index is 1010. The molecule has 0 unspecified atom stereocenters. The zero-order valence-corrected chi connectivity index (χ0v) is 20.7. The topological polar surface area (TPSA) is 50.2 Å². The predicted octanol–water partition coefficient (Wildman–Crippen LogP) is 4.80. The Balaban J connectivity index is 1.30. The van der Waals surface area contributed by atoms with Crippen molar-refractivity contribution in [1.82, 2.24) is 20.0 Å². The molecule has 6 rings (SSSR count). The molecule has 1 aromatic carbocycles. The minimum atomic E-state index is -0.0933. The van der Waals surface area contributed by atoms with Crippen molar-refractivity contribution in [2.45, 2.75) is 88.6 Å². The number of amides is 1. The third-order valence-electron chi connectivity index (χ3n) is 9.55. The van der Waals surface area contributed by atoms with Crippen molar-refractivity contribution < 1.29 is 4.79 Å². The van der Waals surface area contributed by atoms with Crippen LogP contribution in [-0.2, 0) is 16.8 Å². The smallest absolute Gasteiger partial charge is 0.228 e. The summed E-state index contributed by atoms with van der Waals surface area (Å²) in [7, 11) is 0. The fourth-order valence-electron chi connectivity index (χ4n) is 7.87. The summed E-state index contributed by atoms with van der Waals surface area (Å²) in [6.45, 7) is 5.69. The number of aryl methyl sites for hydroxylation is 2. The van der Waals surface area contributed by atoms with Crippen LogP contribution < -0.4 is 5.32 Å². The maximum Gasteiger partial charge on any atom is 0.228 e. The van der Waals surface area contributed by atoms with Crippen molar-refractivity contribution in [3.05, 3.63) is 53.3 Å². The highest BCUT2D eigenvalue weighted by molar-refractivity contribution is 5.82. The van der Waals surface area contributed by atoms with Crippen molar-refractivity contribution in [3.63, 3.8) is 0 Å². The summed E-state index contributed by atoms with van der Waals surface area (Å²) in [6, 6.07) is 13.7. The quantitative estimate of drug-likeness (QED) is 0.716. The van der Waals surface area contributed by atoms with E-state index in [0.717, 1.165) is 57.6 Å². The van der Waals surface area contributed by atoms with Crippen molar-refractivity contribution >= 4 is 5.91 Å².